The predicted octanol–water partition coefficient (Wildman–Crippen LogP) is 3.56. The quantitative estimate of drug-likeness (QED) is 0.859. The van der Waals surface area contributed by atoms with E-state index in [1.54, 1.807) is 6.20 Å². The zero-order chi connectivity index (χ0) is 19.4. The van der Waals surface area contributed by atoms with E-state index in [0.717, 1.165) is 32.0 Å². The number of carbonyl (C=O) groups excluding carboxylic acids is 1. The number of piperidine rings is 2. The molecule has 3 heterocycles. The number of aromatic nitrogens is 1. The van der Waals surface area contributed by atoms with Crippen LogP contribution in [0.1, 0.15) is 63.7 Å². The predicted molar refractivity (Wildman–Crippen MR) is 111 cm³/mol. The van der Waals surface area contributed by atoms with Crippen molar-refractivity contribution < 1.29 is 4.79 Å². The maximum absolute atomic E-state index is 13.0. The highest BCUT2D eigenvalue weighted by atomic mass is 16.1. The molecule has 1 N–H and O–H groups in total. The van der Waals surface area contributed by atoms with Gasteiger partial charge in [0, 0.05) is 44.5 Å². The molecule has 2 aliphatic heterocycles. The molecule has 1 amide bonds. The maximum atomic E-state index is 13.0. The Bertz CT molecular complexity index is 629. The monoisotopic (exact) mass is 372 g/mol. The van der Waals surface area contributed by atoms with Gasteiger partial charge < -0.3 is 10.2 Å². The fourth-order valence-electron chi connectivity index (χ4n) is 4.59. The number of carbonyl (C=O) groups is 1. The van der Waals surface area contributed by atoms with Crippen LogP contribution in [0.4, 0.5) is 5.82 Å². The van der Waals surface area contributed by atoms with E-state index in [4.69, 9.17) is 0 Å². The minimum Gasteiger partial charge on any atom is -0.356 e. The molecule has 1 aromatic rings. The molecule has 150 valence electrons. The number of likely N-dealkylation sites (tertiary alicyclic amines) is 1. The highest BCUT2D eigenvalue weighted by Gasteiger charge is 2.33. The van der Waals surface area contributed by atoms with E-state index in [0.29, 0.717) is 23.9 Å². The molecule has 5 heteroatoms. The van der Waals surface area contributed by atoms with E-state index in [9.17, 15) is 4.79 Å². The van der Waals surface area contributed by atoms with Gasteiger partial charge in [-0.2, -0.15) is 0 Å². The van der Waals surface area contributed by atoms with Crippen LogP contribution in [0.15, 0.2) is 18.3 Å². The van der Waals surface area contributed by atoms with Crippen LogP contribution in [0.2, 0.25) is 0 Å². The third kappa shape index (κ3) is 5.01. The van der Waals surface area contributed by atoms with Gasteiger partial charge in [0.25, 0.3) is 5.91 Å². The first-order valence-corrected chi connectivity index (χ1v) is 10.6. The summed E-state index contributed by atoms with van der Waals surface area (Å²) in [6.45, 7) is 14.0. The van der Waals surface area contributed by atoms with Crippen molar-refractivity contribution in [3.05, 3.63) is 23.9 Å². The molecule has 0 spiro atoms. The van der Waals surface area contributed by atoms with Gasteiger partial charge in [0.2, 0.25) is 0 Å². The van der Waals surface area contributed by atoms with Crippen molar-refractivity contribution in [3.8, 4) is 0 Å². The molecule has 0 aromatic carbocycles. The van der Waals surface area contributed by atoms with E-state index in [2.05, 4.69) is 47.8 Å². The number of hydrogen-bond donors (Lipinski definition) is 1. The summed E-state index contributed by atoms with van der Waals surface area (Å²) in [5.41, 5.74) is 0.655. The second kappa shape index (κ2) is 8.59. The number of pyridine rings is 1. The number of nitrogens with one attached hydrogen (secondary N) is 1. The van der Waals surface area contributed by atoms with Gasteiger partial charge in [-0.3, -0.25) is 9.69 Å². The molecule has 0 radical (unpaired) electrons. The van der Waals surface area contributed by atoms with E-state index in [-0.39, 0.29) is 11.4 Å². The normalized spacial score (nSPS) is 24.7. The molecule has 27 heavy (non-hydrogen) atoms. The third-order valence-corrected chi connectivity index (χ3v) is 6.09. The molecule has 0 aliphatic carbocycles. The van der Waals surface area contributed by atoms with Crippen LogP contribution in [0.25, 0.3) is 0 Å². The minimum absolute atomic E-state index is 0.00476. The van der Waals surface area contributed by atoms with Crippen LogP contribution in [0, 0.1) is 11.8 Å². The number of nitrogens with zero attached hydrogens (tertiary/aromatic N) is 3. The molecule has 1 aromatic heterocycles. The smallest absolute Gasteiger partial charge is 0.255 e. The minimum atomic E-state index is -0.0495. The van der Waals surface area contributed by atoms with Crippen molar-refractivity contribution in [2.75, 3.05) is 37.6 Å². The Kier molecular flexibility index (Phi) is 6.40. The van der Waals surface area contributed by atoms with Crippen molar-refractivity contribution in [2.24, 2.45) is 11.8 Å². The molecule has 0 saturated carbocycles. The fraction of sp³-hybridized carbons (Fsp3) is 0.727. The SMILES string of the molecule is CC1CC(C)CN(C(C)(C)CNC(=O)c2cccnc2N2CCCCC2)C1. The lowest BCUT2D eigenvalue weighted by Crippen LogP contribution is -2.56. The van der Waals surface area contributed by atoms with Crippen molar-refractivity contribution in [2.45, 2.75) is 58.9 Å². The number of rotatable bonds is 5. The first kappa shape index (κ1) is 20.1. The molecule has 0 bridgehead atoms. The first-order valence-electron chi connectivity index (χ1n) is 10.6. The van der Waals surface area contributed by atoms with Gasteiger partial charge in [-0.05, 0) is 63.5 Å². The lowest BCUT2D eigenvalue weighted by molar-refractivity contribution is 0.0445. The Hall–Kier alpha value is -1.62. The molecule has 2 atom stereocenters. The first-order chi connectivity index (χ1) is 12.9. The standard InChI is InChI=1S/C22H36N4O/c1-17-13-18(2)15-26(14-17)22(3,4)16-24-21(27)19-9-8-10-23-20(19)25-11-6-5-7-12-25/h8-10,17-18H,5-7,11-16H2,1-4H3,(H,24,27). The van der Waals surface area contributed by atoms with Gasteiger partial charge in [-0.25, -0.2) is 4.98 Å². The molecular weight excluding hydrogens is 336 g/mol. The summed E-state index contributed by atoms with van der Waals surface area (Å²) in [7, 11) is 0. The number of hydrogen-bond acceptors (Lipinski definition) is 4. The third-order valence-electron chi connectivity index (χ3n) is 6.09. The molecule has 2 fully saturated rings. The van der Waals surface area contributed by atoms with E-state index in [1.165, 1.54) is 25.7 Å². The summed E-state index contributed by atoms with van der Waals surface area (Å²) in [5.74, 6) is 2.27. The number of anilines is 1. The van der Waals surface area contributed by atoms with Crippen LogP contribution in [-0.2, 0) is 0 Å². The van der Waals surface area contributed by atoms with E-state index < -0.39 is 0 Å². The molecule has 2 unspecified atom stereocenters. The van der Waals surface area contributed by atoms with Gasteiger partial charge in [0.05, 0.1) is 5.56 Å². The zero-order valence-corrected chi connectivity index (χ0v) is 17.5. The van der Waals surface area contributed by atoms with Gasteiger partial charge in [0.1, 0.15) is 5.82 Å². The summed E-state index contributed by atoms with van der Waals surface area (Å²) >= 11 is 0. The van der Waals surface area contributed by atoms with Gasteiger partial charge in [0.15, 0.2) is 0 Å². The highest BCUT2D eigenvalue weighted by molar-refractivity contribution is 5.98. The largest absolute Gasteiger partial charge is 0.356 e. The lowest BCUT2D eigenvalue weighted by Gasteiger charge is -2.45. The van der Waals surface area contributed by atoms with Crippen LogP contribution >= 0.6 is 0 Å². The molecule has 2 aliphatic rings. The second-order valence-corrected chi connectivity index (χ2v) is 9.27. The van der Waals surface area contributed by atoms with Crippen molar-refractivity contribution >= 4 is 11.7 Å². The van der Waals surface area contributed by atoms with Crippen LogP contribution in [-0.4, -0.2) is 54.1 Å². The Morgan fingerprint density at radius 2 is 1.85 bits per heavy atom. The summed E-state index contributed by atoms with van der Waals surface area (Å²) in [4.78, 5) is 22.3. The summed E-state index contributed by atoms with van der Waals surface area (Å²) in [5, 5.41) is 3.20. The summed E-state index contributed by atoms with van der Waals surface area (Å²) < 4.78 is 0. The van der Waals surface area contributed by atoms with Gasteiger partial charge in [-0.15, -0.1) is 0 Å². The Morgan fingerprint density at radius 3 is 2.52 bits per heavy atom. The molecule has 2 saturated heterocycles. The fourth-order valence-corrected chi connectivity index (χ4v) is 4.59. The Balaban J connectivity index is 1.65. The highest BCUT2D eigenvalue weighted by Crippen LogP contribution is 2.27. The van der Waals surface area contributed by atoms with Crippen molar-refractivity contribution in [3.63, 3.8) is 0 Å². The van der Waals surface area contributed by atoms with Crippen LogP contribution in [0.5, 0.6) is 0 Å². The Labute approximate surface area is 164 Å². The zero-order valence-electron chi connectivity index (χ0n) is 17.5. The number of amides is 1. The van der Waals surface area contributed by atoms with Crippen LogP contribution < -0.4 is 10.2 Å². The van der Waals surface area contributed by atoms with Gasteiger partial charge >= 0.3 is 0 Å². The molecular formula is C22H36N4O. The maximum Gasteiger partial charge on any atom is 0.255 e. The van der Waals surface area contributed by atoms with Crippen molar-refractivity contribution in [1.29, 1.82) is 0 Å². The lowest BCUT2D eigenvalue weighted by atomic mass is 9.88. The van der Waals surface area contributed by atoms with Crippen molar-refractivity contribution in [1.82, 2.24) is 15.2 Å². The van der Waals surface area contributed by atoms with E-state index in [1.807, 2.05) is 12.1 Å². The van der Waals surface area contributed by atoms with Gasteiger partial charge in [-0.1, -0.05) is 13.8 Å². The average Bonchev–Trinajstić information content (AvgIpc) is 2.66. The van der Waals surface area contributed by atoms with E-state index >= 15 is 0 Å². The average molecular weight is 373 g/mol. The second-order valence-electron chi connectivity index (χ2n) is 9.27. The molecule has 3 rings (SSSR count). The summed E-state index contributed by atoms with van der Waals surface area (Å²) in [6, 6.07) is 3.77. The van der Waals surface area contributed by atoms with Crippen LogP contribution in [0.3, 0.4) is 0 Å². The topological polar surface area (TPSA) is 48.5 Å². The Morgan fingerprint density at radius 1 is 1.19 bits per heavy atom. The summed E-state index contributed by atoms with van der Waals surface area (Å²) in [6.07, 6.45) is 6.71. The molecule has 5 nitrogen and oxygen atoms in total.